The molecule has 1 aliphatic carbocycles. The summed E-state index contributed by atoms with van der Waals surface area (Å²) in [5.41, 5.74) is 2.05. The molecule has 1 saturated carbocycles. The number of aliphatic imine (C=N–C) groups is 1. The molecule has 2 heteroatoms. The van der Waals surface area contributed by atoms with Gasteiger partial charge in [-0.2, -0.15) is 4.99 Å². The number of nitrogens with zero attached hydrogens (tertiary/aromatic N) is 1. The summed E-state index contributed by atoms with van der Waals surface area (Å²) in [4.78, 5) is 13.8. The van der Waals surface area contributed by atoms with E-state index in [1.165, 1.54) is 37.7 Å². The Bertz CT molecular complexity index is 374. The minimum Gasteiger partial charge on any atom is -0.211 e. The second-order valence-corrected chi connectivity index (χ2v) is 4.13. The molecule has 0 radical (unpaired) electrons. The molecule has 0 bridgehead atoms. The molecule has 1 aromatic rings. The summed E-state index contributed by atoms with van der Waals surface area (Å²) in [6.07, 6.45) is 8.15. The fourth-order valence-corrected chi connectivity index (χ4v) is 2.34. The van der Waals surface area contributed by atoms with Gasteiger partial charge in [0.2, 0.25) is 6.08 Å². The zero-order valence-electron chi connectivity index (χ0n) is 8.78. The molecule has 0 N–H and O–H groups in total. The van der Waals surface area contributed by atoms with Crippen LogP contribution in [0.1, 0.15) is 43.6 Å². The Balaban J connectivity index is 2.19. The number of hydrogen-bond donors (Lipinski definition) is 0. The first kappa shape index (κ1) is 10.1. The highest BCUT2D eigenvalue weighted by Gasteiger charge is 2.15. The third-order valence-electron chi connectivity index (χ3n) is 3.12. The summed E-state index contributed by atoms with van der Waals surface area (Å²) >= 11 is 0. The fourth-order valence-electron chi connectivity index (χ4n) is 2.34. The van der Waals surface area contributed by atoms with Crippen molar-refractivity contribution >= 4 is 11.8 Å². The average Bonchev–Trinajstić information content (AvgIpc) is 2.31. The second-order valence-electron chi connectivity index (χ2n) is 4.13. The standard InChI is InChI=1S/C13H15NO/c15-10-14-13-8-4-7-12(9-13)11-5-2-1-3-6-11/h4,7-9,11H,1-3,5-6H2. The lowest BCUT2D eigenvalue weighted by molar-refractivity contribution is 0.443. The number of benzene rings is 1. The maximum atomic E-state index is 10.2. The topological polar surface area (TPSA) is 29.4 Å². The minimum atomic E-state index is 0.667. The Hall–Kier alpha value is -1.40. The molecule has 0 spiro atoms. The van der Waals surface area contributed by atoms with E-state index in [0.29, 0.717) is 5.92 Å². The van der Waals surface area contributed by atoms with E-state index in [0.717, 1.165) is 5.69 Å². The smallest absolute Gasteiger partial charge is 0.211 e. The van der Waals surface area contributed by atoms with Gasteiger partial charge in [-0.05, 0) is 36.5 Å². The summed E-state index contributed by atoms with van der Waals surface area (Å²) in [5.74, 6) is 0.667. The molecule has 1 aliphatic rings. The van der Waals surface area contributed by atoms with Gasteiger partial charge in [-0.1, -0.05) is 31.4 Å². The Kier molecular flexibility index (Phi) is 3.31. The minimum absolute atomic E-state index is 0.667. The Morgan fingerprint density at radius 3 is 2.73 bits per heavy atom. The average molecular weight is 201 g/mol. The van der Waals surface area contributed by atoms with Gasteiger partial charge >= 0.3 is 0 Å². The van der Waals surface area contributed by atoms with Crippen LogP contribution >= 0.6 is 0 Å². The van der Waals surface area contributed by atoms with Crippen LogP contribution in [0.3, 0.4) is 0 Å². The number of isocyanates is 1. The lowest BCUT2D eigenvalue weighted by atomic mass is 9.84. The first-order valence-corrected chi connectivity index (χ1v) is 5.58. The van der Waals surface area contributed by atoms with E-state index in [-0.39, 0.29) is 0 Å². The molecule has 1 aromatic carbocycles. The molecule has 0 unspecified atom stereocenters. The van der Waals surface area contributed by atoms with E-state index in [4.69, 9.17) is 0 Å². The van der Waals surface area contributed by atoms with Crippen LogP contribution in [0.25, 0.3) is 0 Å². The van der Waals surface area contributed by atoms with Crippen LogP contribution < -0.4 is 0 Å². The molecule has 0 atom stereocenters. The van der Waals surface area contributed by atoms with E-state index in [2.05, 4.69) is 11.1 Å². The largest absolute Gasteiger partial charge is 0.240 e. The van der Waals surface area contributed by atoms with Crippen molar-refractivity contribution in [1.29, 1.82) is 0 Å². The highest BCUT2D eigenvalue weighted by molar-refractivity contribution is 5.50. The molecule has 0 aromatic heterocycles. The zero-order chi connectivity index (χ0) is 10.5. The zero-order valence-corrected chi connectivity index (χ0v) is 8.78. The molecule has 2 rings (SSSR count). The van der Waals surface area contributed by atoms with Gasteiger partial charge in [0.15, 0.2) is 0 Å². The van der Waals surface area contributed by atoms with Gasteiger partial charge in [0.1, 0.15) is 0 Å². The summed E-state index contributed by atoms with van der Waals surface area (Å²) in [5, 5.41) is 0. The summed E-state index contributed by atoms with van der Waals surface area (Å²) in [6.45, 7) is 0. The lowest BCUT2D eigenvalue weighted by Gasteiger charge is -2.21. The summed E-state index contributed by atoms with van der Waals surface area (Å²) in [7, 11) is 0. The molecular weight excluding hydrogens is 186 g/mol. The molecule has 1 fully saturated rings. The van der Waals surface area contributed by atoms with Crippen LogP contribution in [0, 0.1) is 0 Å². The predicted octanol–water partition coefficient (Wildman–Crippen LogP) is 3.70. The van der Waals surface area contributed by atoms with Crippen molar-refractivity contribution in [3.8, 4) is 0 Å². The normalized spacial score (nSPS) is 17.1. The van der Waals surface area contributed by atoms with Crippen molar-refractivity contribution in [2.24, 2.45) is 4.99 Å². The molecule has 78 valence electrons. The van der Waals surface area contributed by atoms with Gasteiger partial charge < -0.3 is 0 Å². The Morgan fingerprint density at radius 2 is 2.00 bits per heavy atom. The van der Waals surface area contributed by atoms with Crippen LogP contribution in [-0.4, -0.2) is 6.08 Å². The van der Waals surface area contributed by atoms with Crippen molar-refractivity contribution in [3.63, 3.8) is 0 Å². The van der Waals surface area contributed by atoms with Crippen molar-refractivity contribution < 1.29 is 4.79 Å². The Labute approximate surface area is 90.0 Å². The van der Waals surface area contributed by atoms with Crippen LogP contribution in [0.2, 0.25) is 0 Å². The molecule has 0 aliphatic heterocycles. The quantitative estimate of drug-likeness (QED) is 0.530. The van der Waals surface area contributed by atoms with E-state index in [1.54, 1.807) is 6.08 Å². The molecule has 0 saturated heterocycles. The third-order valence-corrected chi connectivity index (χ3v) is 3.12. The van der Waals surface area contributed by atoms with Crippen LogP contribution in [0.15, 0.2) is 29.3 Å². The van der Waals surface area contributed by atoms with Crippen molar-refractivity contribution in [2.75, 3.05) is 0 Å². The van der Waals surface area contributed by atoms with Gasteiger partial charge in [0.05, 0.1) is 5.69 Å². The Morgan fingerprint density at radius 1 is 1.20 bits per heavy atom. The SMILES string of the molecule is O=C=Nc1cccc(C2CCCCC2)c1. The first-order chi connectivity index (χ1) is 7.40. The van der Waals surface area contributed by atoms with E-state index in [1.807, 2.05) is 18.2 Å². The number of hydrogen-bond acceptors (Lipinski definition) is 2. The highest BCUT2D eigenvalue weighted by Crippen LogP contribution is 2.33. The maximum Gasteiger partial charge on any atom is 0.240 e. The van der Waals surface area contributed by atoms with Crippen molar-refractivity contribution in [2.45, 2.75) is 38.0 Å². The summed E-state index contributed by atoms with van der Waals surface area (Å²) in [6, 6.07) is 7.97. The third kappa shape index (κ3) is 2.54. The maximum absolute atomic E-state index is 10.2. The second kappa shape index (κ2) is 4.90. The lowest BCUT2D eigenvalue weighted by Crippen LogP contribution is -2.03. The van der Waals surface area contributed by atoms with Crippen LogP contribution in [0.5, 0.6) is 0 Å². The molecule has 0 amide bonds. The van der Waals surface area contributed by atoms with E-state index >= 15 is 0 Å². The predicted molar refractivity (Wildman–Crippen MR) is 60.0 cm³/mol. The number of rotatable bonds is 2. The van der Waals surface area contributed by atoms with Crippen molar-refractivity contribution in [1.82, 2.24) is 0 Å². The van der Waals surface area contributed by atoms with Gasteiger partial charge in [0.25, 0.3) is 0 Å². The van der Waals surface area contributed by atoms with Gasteiger partial charge in [-0.25, -0.2) is 4.79 Å². The van der Waals surface area contributed by atoms with E-state index < -0.39 is 0 Å². The fraction of sp³-hybridized carbons (Fsp3) is 0.462. The van der Waals surface area contributed by atoms with Gasteiger partial charge in [0, 0.05) is 0 Å². The number of carbonyl (C=O) groups excluding carboxylic acids is 1. The molecule has 0 heterocycles. The first-order valence-electron chi connectivity index (χ1n) is 5.58. The highest BCUT2D eigenvalue weighted by atomic mass is 16.1. The van der Waals surface area contributed by atoms with Gasteiger partial charge in [-0.3, -0.25) is 0 Å². The van der Waals surface area contributed by atoms with Crippen LogP contribution in [0.4, 0.5) is 5.69 Å². The monoisotopic (exact) mass is 201 g/mol. The van der Waals surface area contributed by atoms with E-state index in [9.17, 15) is 4.79 Å². The van der Waals surface area contributed by atoms with Crippen LogP contribution in [-0.2, 0) is 4.79 Å². The molecule has 2 nitrogen and oxygen atoms in total. The summed E-state index contributed by atoms with van der Waals surface area (Å²) < 4.78 is 0. The molecule has 15 heavy (non-hydrogen) atoms. The van der Waals surface area contributed by atoms with Crippen molar-refractivity contribution in [3.05, 3.63) is 29.8 Å². The molecular formula is C13H15NO. The van der Waals surface area contributed by atoms with Gasteiger partial charge in [-0.15, -0.1) is 0 Å².